The Labute approximate surface area is 131 Å². The summed E-state index contributed by atoms with van der Waals surface area (Å²) in [6.07, 6.45) is 0. The quantitative estimate of drug-likeness (QED) is 0.389. The number of nitro benzene ring substituents is 1. The fourth-order valence-electron chi connectivity index (χ4n) is 1.79. The second kappa shape index (κ2) is 6.68. The summed E-state index contributed by atoms with van der Waals surface area (Å²) in [7, 11) is 0. The highest BCUT2D eigenvalue weighted by Crippen LogP contribution is 2.26. The standard InChI is InChI=1S/C14H12ClN5O2/c15-11-7-6-10(8-12(11)20(21)22)13(18-19-14(16)17)9-4-2-1-3-5-9/h1-8H,(H4,16,17,19)/b18-13+. The first kappa shape index (κ1) is 15.5. The number of nitro groups is 1. The van der Waals surface area contributed by atoms with E-state index >= 15 is 0 Å². The number of hydrogen-bond donors (Lipinski definition) is 2. The maximum atomic E-state index is 11.0. The number of benzene rings is 2. The first-order chi connectivity index (χ1) is 10.5. The number of guanidine groups is 1. The molecule has 0 saturated carbocycles. The average molecular weight is 318 g/mol. The maximum absolute atomic E-state index is 11.0. The van der Waals surface area contributed by atoms with Crippen LogP contribution in [-0.4, -0.2) is 16.6 Å². The van der Waals surface area contributed by atoms with Crippen molar-refractivity contribution in [1.82, 2.24) is 0 Å². The topological polar surface area (TPSA) is 120 Å². The van der Waals surface area contributed by atoms with Crippen LogP contribution in [0.2, 0.25) is 5.02 Å². The zero-order valence-corrected chi connectivity index (χ0v) is 12.1. The van der Waals surface area contributed by atoms with Gasteiger partial charge in [-0.05, 0) is 6.07 Å². The molecule has 8 heteroatoms. The second-order valence-electron chi connectivity index (χ2n) is 4.26. The maximum Gasteiger partial charge on any atom is 0.288 e. The van der Waals surface area contributed by atoms with Crippen LogP contribution in [0.5, 0.6) is 0 Å². The molecule has 0 bridgehead atoms. The number of hydrogen-bond acceptors (Lipinski definition) is 4. The van der Waals surface area contributed by atoms with Gasteiger partial charge in [-0.1, -0.05) is 48.0 Å². The normalized spacial score (nSPS) is 11.0. The highest BCUT2D eigenvalue weighted by Gasteiger charge is 2.16. The molecule has 4 N–H and O–H groups in total. The predicted octanol–water partition coefficient (Wildman–Crippen LogP) is 2.27. The average Bonchev–Trinajstić information content (AvgIpc) is 2.49. The van der Waals surface area contributed by atoms with Crippen LogP contribution >= 0.6 is 11.6 Å². The number of nitrogens with two attached hydrogens (primary N) is 2. The molecule has 0 radical (unpaired) electrons. The molecule has 0 heterocycles. The zero-order chi connectivity index (χ0) is 16.1. The van der Waals surface area contributed by atoms with Crippen molar-refractivity contribution in [2.75, 3.05) is 0 Å². The van der Waals surface area contributed by atoms with Gasteiger partial charge < -0.3 is 11.5 Å². The van der Waals surface area contributed by atoms with E-state index in [2.05, 4.69) is 10.2 Å². The highest BCUT2D eigenvalue weighted by atomic mass is 35.5. The summed E-state index contributed by atoms with van der Waals surface area (Å²) in [6.45, 7) is 0. The first-order valence-corrected chi connectivity index (χ1v) is 6.53. The Balaban J connectivity index is 2.60. The molecule has 22 heavy (non-hydrogen) atoms. The van der Waals surface area contributed by atoms with E-state index in [1.807, 2.05) is 18.2 Å². The lowest BCUT2D eigenvalue weighted by atomic mass is 10.0. The molecule has 7 nitrogen and oxygen atoms in total. The Bertz CT molecular complexity index is 755. The Morgan fingerprint density at radius 3 is 2.32 bits per heavy atom. The molecule has 0 amide bonds. The summed E-state index contributed by atoms with van der Waals surface area (Å²) in [5.41, 5.74) is 12.0. The lowest BCUT2D eigenvalue weighted by molar-refractivity contribution is -0.384. The van der Waals surface area contributed by atoms with Gasteiger partial charge in [0.15, 0.2) is 0 Å². The molecule has 2 aromatic carbocycles. The van der Waals surface area contributed by atoms with Gasteiger partial charge in [-0.15, -0.1) is 10.2 Å². The van der Waals surface area contributed by atoms with E-state index in [-0.39, 0.29) is 16.7 Å². The lowest BCUT2D eigenvalue weighted by Crippen LogP contribution is -2.22. The van der Waals surface area contributed by atoms with Gasteiger partial charge in [0.25, 0.3) is 5.69 Å². The van der Waals surface area contributed by atoms with E-state index in [1.54, 1.807) is 18.2 Å². The van der Waals surface area contributed by atoms with Crippen LogP contribution in [0.4, 0.5) is 5.69 Å². The van der Waals surface area contributed by atoms with Crippen molar-refractivity contribution in [2.24, 2.45) is 21.7 Å². The van der Waals surface area contributed by atoms with Gasteiger partial charge in [0.1, 0.15) is 10.7 Å². The van der Waals surface area contributed by atoms with Crippen LogP contribution in [0.1, 0.15) is 11.1 Å². The van der Waals surface area contributed by atoms with Crippen molar-refractivity contribution in [1.29, 1.82) is 0 Å². The smallest absolute Gasteiger partial charge is 0.288 e. The summed E-state index contributed by atoms with van der Waals surface area (Å²) in [5, 5.41) is 18.7. The van der Waals surface area contributed by atoms with Crippen LogP contribution in [0.25, 0.3) is 0 Å². The molecular weight excluding hydrogens is 306 g/mol. The summed E-state index contributed by atoms with van der Waals surface area (Å²) >= 11 is 5.82. The molecule has 2 rings (SSSR count). The summed E-state index contributed by atoms with van der Waals surface area (Å²) in [4.78, 5) is 10.5. The summed E-state index contributed by atoms with van der Waals surface area (Å²) < 4.78 is 0. The molecule has 112 valence electrons. The van der Waals surface area contributed by atoms with Crippen molar-refractivity contribution in [3.8, 4) is 0 Å². The zero-order valence-electron chi connectivity index (χ0n) is 11.3. The van der Waals surface area contributed by atoms with E-state index < -0.39 is 4.92 Å². The third kappa shape index (κ3) is 3.58. The van der Waals surface area contributed by atoms with E-state index in [0.29, 0.717) is 16.8 Å². The van der Waals surface area contributed by atoms with Crippen molar-refractivity contribution in [2.45, 2.75) is 0 Å². The monoisotopic (exact) mass is 317 g/mol. The molecular formula is C14H12ClN5O2. The Hall–Kier alpha value is -2.93. The molecule has 0 aliphatic carbocycles. The van der Waals surface area contributed by atoms with Crippen molar-refractivity contribution < 1.29 is 4.92 Å². The minimum Gasteiger partial charge on any atom is -0.369 e. The van der Waals surface area contributed by atoms with Gasteiger partial charge in [0.05, 0.1) is 4.92 Å². The van der Waals surface area contributed by atoms with Crippen LogP contribution in [0, 0.1) is 10.1 Å². The van der Waals surface area contributed by atoms with Gasteiger partial charge >= 0.3 is 0 Å². The Morgan fingerprint density at radius 1 is 1.05 bits per heavy atom. The molecule has 0 aliphatic heterocycles. The highest BCUT2D eigenvalue weighted by molar-refractivity contribution is 6.33. The number of halogens is 1. The van der Waals surface area contributed by atoms with E-state index in [1.165, 1.54) is 12.1 Å². The number of rotatable bonds is 4. The fourth-order valence-corrected chi connectivity index (χ4v) is 1.97. The van der Waals surface area contributed by atoms with Crippen molar-refractivity contribution in [3.05, 3.63) is 74.8 Å². The van der Waals surface area contributed by atoms with Gasteiger partial charge in [-0.2, -0.15) is 0 Å². The minimum atomic E-state index is -0.561. The molecule has 0 spiro atoms. The lowest BCUT2D eigenvalue weighted by Gasteiger charge is -2.06. The third-order valence-corrected chi connectivity index (χ3v) is 3.05. The number of nitrogens with zero attached hydrogens (tertiary/aromatic N) is 3. The van der Waals surface area contributed by atoms with E-state index in [4.69, 9.17) is 23.1 Å². The molecule has 0 unspecified atom stereocenters. The Morgan fingerprint density at radius 2 is 1.73 bits per heavy atom. The van der Waals surface area contributed by atoms with Crippen LogP contribution in [-0.2, 0) is 0 Å². The molecule has 0 saturated heterocycles. The molecule has 0 fully saturated rings. The molecule has 0 aromatic heterocycles. The molecule has 2 aromatic rings. The van der Waals surface area contributed by atoms with Gasteiger partial charge in [0.2, 0.25) is 5.96 Å². The third-order valence-electron chi connectivity index (χ3n) is 2.73. The summed E-state index contributed by atoms with van der Waals surface area (Å²) in [6, 6.07) is 13.4. The first-order valence-electron chi connectivity index (χ1n) is 6.15. The van der Waals surface area contributed by atoms with Crippen LogP contribution in [0.15, 0.2) is 58.7 Å². The van der Waals surface area contributed by atoms with Crippen molar-refractivity contribution >= 4 is 29.0 Å². The largest absolute Gasteiger partial charge is 0.369 e. The van der Waals surface area contributed by atoms with Crippen molar-refractivity contribution in [3.63, 3.8) is 0 Å². The van der Waals surface area contributed by atoms with Gasteiger partial charge in [-0.25, -0.2) is 0 Å². The molecule has 0 aliphatic rings. The van der Waals surface area contributed by atoms with E-state index in [0.717, 1.165) is 0 Å². The van der Waals surface area contributed by atoms with Gasteiger partial charge in [-0.3, -0.25) is 10.1 Å². The molecule has 0 atom stereocenters. The van der Waals surface area contributed by atoms with Crippen LogP contribution < -0.4 is 11.5 Å². The fraction of sp³-hybridized carbons (Fsp3) is 0. The van der Waals surface area contributed by atoms with Gasteiger partial charge in [0, 0.05) is 17.2 Å². The minimum absolute atomic E-state index is 0.0444. The Kier molecular flexibility index (Phi) is 4.70. The summed E-state index contributed by atoms with van der Waals surface area (Å²) in [5.74, 6) is -0.211. The van der Waals surface area contributed by atoms with E-state index in [9.17, 15) is 10.1 Å². The van der Waals surface area contributed by atoms with Crippen LogP contribution in [0.3, 0.4) is 0 Å². The second-order valence-corrected chi connectivity index (χ2v) is 4.67. The predicted molar refractivity (Wildman–Crippen MR) is 86.0 cm³/mol. The SMILES string of the molecule is NC(N)=N/N=C(\c1ccccc1)c1ccc(Cl)c([N+](=O)[O-])c1.